The molecule has 0 fully saturated rings. The summed E-state index contributed by atoms with van der Waals surface area (Å²) in [6.07, 6.45) is 0.765. The zero-order valence-corrected chi connectivity index (χ0v) is 17.5. The number of nitrogens with two attached hydrogens (primary N) is 1. The van der Waals surface area contributed by atoms with E-state index in [4.69, 9.17) is 5.73 Å². The van der Waals surface area contributed by atoms with Crippen LogP contribution in [0.25, 0.3) is 0 Å². The molecular weight excluding hydrogens is 432 g/mol. The first-order valence-corrected chi connectivity index (χ1v) is 9.53. The lowest BCUT2D eigenvalue weighted by Gasteiger charge is -2.19. The largest absolute Gasteiger partial charge is 0.397 e. The van der Waals surface area contributed by atoms with Gasteiger partial charge in [-0.1, -0.05) is 32.9 Å². The Morgan fingerprint density at radius 1 is 1.17 bits per heavy atom. The quantitative estimate of drug-likeness (QED) is 0.554. The van der Waals surface area contributed by atoms with E-state index in [1.54, 1.807) is 0 Å². The number of carbonyl (C=O) groups excluding carboxylic acids is 1. The molecule has 0 unspecified atom stereocenters. The van der Waals surface area contributed by atoms with Crippen molar-refractivity contribution in [3.05, 3.63) is 55.5 Å². The average molecular weight is 454 g/mol. The van der Waals surface area contributed by atoms with Gasteiger partial charge in [-0.3, -0.25) is 4.79 Å². The van der Waals surface area contributed by atoms with Gasteiger partial charge in [-0.25, -0.2) is 0 Å². The fourth-order valence-corrected chi connectivity index (χ4v) is 3.95. The molecule has 1 amide bonds. The van der Waals surface area contributed by atoms with Crippen LogP contribution in [0.4, 0.5) is 11.4 Å². The van der Waals surface area contributed by atoms with Crippen LogP contribution in [-0.2, 0) is 6.42 Å². The molecule has 0 aromatic heterocycles. The zero-order valence-electron chi connectivity index (χ0n) is 14.3. The third kappa shape index (κ3) is 3.67. The molecule has 0 atom stereocenters. The van der Waals surface area contributed by atoms with Crippen molar-refractivity contribution >= 4 is 49.1 Å². The number of hydrogen-bond acceptors (Lipinski definition) is 2. The predicted molar refractivity (Wildman–Crippen MR) is 109 cm³/mol. The molecule has 2 aromatic carbocycles. The predicted octanol–water partition coefficient (Wildman–Crippen LogP) is 6.04. The maximum absolute atomic E-state index is 12.7. The lowest BCUT2D eigenvalue weighted by molar-refractivity contribution is 0.102. The molecule has 3 nitrogen and oxygen atoms in total. The fourth-order valence-electron chi connectivity index (χ4n) is 2.61. The van der Waals surface area contributed by atoms with E-state index in [2.05, 4.69) is 51.0 Å². The summed E-state index contributed by atoms with van der Waals surface area (Å²) in [4.78, 5) is 12.7. The second-order valence-electron chi connectivity index (χ2n) is 6.10. The van der Waals surface area contributed by atoms with Crippen LogP contribution in [0, 0.1) is 6.92 Å². The van der Waals surface area contributed by atoms with Crippen molar-refractivity contribution in [1.82, 2.24) is 0 Å². The van der Waals surface area contributed by atoms with Gasteiger partial charge in [0.25, 0.3) is 5.91 Å². The summed E-state index contributed by atoms with van der Waals surface area (Å²) in [6.45, 7) is 8.26. The van der Waals surface area contributed by atoms with Crippen molar-refractivity contribution in [3.8, 4) is 0 Å². The fraction of sp³-hybridized carbons (Fsp3) is 0.316. The minimum Gasteiger partial charge on any atom is -0.397 e. The second-order valence-corrected chi connectivity index (χ2v) is 7.69. The molecule has 0 saturated heterocycles. The highest BCUT2D eigenvalue weighted by Gasteiger charge is 2.19. The Morgan fingerprint density at radius 3 is 2.25 bits per heavy atom. The van der Waals surface area contributed by atoms with Gasteiger partial charge in [0.1, 0.15) is 0 Å². The molecule has 0 heterocycles. The van der Waals surface area contributed by atoms with Gasteiger partial charge >= 0.3 is 0 Å². The molecule has 0 aliphatic carbocycles. The minimum absolute atomic E-state index is 0.119. The monoisotopic (exact) mass is 452 g/mol. The molecule has 3 N–H and O–H groups in total. The van der Waals surface area contributed by atoms with Crippen molar-refractivity contribution in [2.75, 3.05) is 11.1 Å². The van der Waals surface area contributed by atoms with Gasteiger partial charge in [-0.15, -0.1) is 0 Å². The number of amides is 1. The first-order chi connectivity index (χ1) is 11.3. The minimum atomic E-state index is -0.119. The summed E-state index contributed by atoms with van der Waals surface area (Å²) < 4.78 is 1.63. The van der Waals surface area contributed by atoms with Gasteiger partial charge in [-0.2, -0.15) is 0 Å². The van der Waals surface area contributed by atoms with E-state index in [-0.39, 0.29) is 5.91 Å². The molecule has 0 radical (unpaired) electrons. The Bertz CT molecular complexity index is 768. The van der Waals surface area contributed by atoms with Gasteiger partial charge in [0, 0.05) is 20.2 Å². The van der Waals surface area contributed by atoms with E-state index in [0.717, 1.165) is 32.2 Å². The van der Waals surface area contributed by atoms with Gasteiger partial charge in [0.05, 0.1) is 5.69 Å². The maximum Gasteiger partial charge on any atom is 0.255 e. The van der Waals surface area contributed by atoms with Crippen LogP contribution in [0.5, 0.6) is 0 Å². The van der Waals surface area contributed by atoms with Gasteiger partial charge in [0.2, 0.25) is 0 Å². The maximum atomic E-state index is 12.7. The first-order valence-electron chi connectivity index (χ1n) is 7.95. The van der Waals surface area contributed by atoms with Crippen LogP contribution in [0.1, 0.15) is 53.7 Å². The van der Waals surface area contributed by atoms with Crippen molar-refractivity contribution in [1.29, 1.82) is 0 Å². The number of nitrogens with one attached hydrogen (secondary N) is 1. The molecule has 0 saturated carbocycles. The van der Waals surface area contributed by atoms with E-state index in [1.807, 2.05) is 38.1 Å². The number of hydrogen-bond donors (Lipinski definition) is 2. The molecule has 24 heavy (non-hydrogen) atoms. The summed E-state index contributed by atoms with van der Waals surface area (Å²) in [5.41, 5.74) is 11.4. The Balaban J connectivity index is 2.38. The molecule has 0 aliphatic rings. The summed E-state index contributed by atoms with van der Waals surface area (Å²) in [6, 6.07) is 7.74. The van der Waals surface area contributed by atoms with Crippen LogP contribution in [0.2, 0.25) is 0 Å². The number of nitrogen functional groups attached to an aromatic ring is 1. The number of benzene rings is 2. The van der Waals surface area contributed by atoms with Crippen LogP contribution < -0.4 is 11.1 Å². The first kappa shape index (κ1) is 19.0. The molecule has 2 rings (SSSR count). The number of anilines is 2. The van der Waals surface area contributed by atoms with Gasteiger partial charge < -0.3 is 11.1 Å². The van der Waals surface area contributed by atoms with E-state index >= 15 is 0 Å². The van der Waals surface area contributed by atoms with Crippen molar-refractivity contribution in [3.63, 3.8) is 0 Å². The smallest absolute Gasteiger partial charge is 0.255 e. The summed E-state index contributed by atoms with van der Waals surface area (Å²) >= 11 is 7.05. The topological polar surface area (TPSA) is 55.1 Å². The molecule has 5 heteroatoms. The number of rotatable bonds is 4. The second kappa shape index (κ2) is 7.70. The number of halogens is 2. The van der Waals surface area contributed by atoms with Crippen molar-refractivity contribution < 1.29 is 4.79 Å². The Labute approximate surface area is 160 Å². The Kier molecular flexibility index (Phi) is 6.10. The van der Waals surface area contributed by atoms with Crippen LogP contribution >= 0.6 is 31.9 Å². The highest BCUT2D eigenvalue weighted by molar-refractivity contribution is 9.11. The highest BCUT2D eigenvalue weighted by Crippen LogP contribution is 2.40. The number of carbonyl (C=O) groups is 1. The highest BCUT2D eigenvalue weighted by atomic mass is 79.9. The summed E-state index contributed by atoms with van der Waals surface area (Å²) in [5.74, 6) is 0.326. The molecule has 2 aromatic rings. The molecule has 0 aliphatic heterocycles. The van der Waals surface area contributed by atoms with Crippen LogP contribution in [-0.4, -0.2) is 5.91 Å². The Morgan fingerprint density at radius 2 is 1.75 bits per heavy atom. The Hall–Kier alpha value is -1.33. The van der Waals surface area contributed by atoms with Gasteiger partial charge in [0.15, 0.2) is 0 Å². The van der Waals surface area contributed by atoms with Crippen LogP contribution in [0.3, 0.4) is 0 Å². The molecule has 0 bridgehead atoms. The summed E-state index contributed by atoms with van der Waals surface area (Å²) in [5, 5.41) is 3.05. The lowest BCUT2D eigenvalue weighted by Crippen LogP contribution is -2.15. The zero-order chi connectivity index (χ0) is 18.0. The van der Waals surface area contributed by atoms with Gasteiger partial charge in [-0.05, 0) is 79.9 Å². The van der Waals surface area contributed by atoms with Crippen LogP contribution in [0.15, 0.2) is 33.2 Å². The van der Waals surface area contributed by atoms with E-state index < -0.39 is 0 Å². The third-order valence-corrected chi connectivity index (χ3v) is 6.10. The van der Waals surface area contributed by atoms with E-state index in [9.17, 15) is 4.79 Å². The molecule has 0 spiro atoms. The van der Waals surface area contributed by atoms with Crippen molar-refractivity contribution in [2.24, 2.45) is 0 Å². The standard InChI is InChI=1S/C19H22Br2N2O/c1-5-14-16(21)17(22)15(20)11(4)18(14)23-19(24)13-8-6-12(7-9-13)10(2)3/h6-10H,5,22H2,1-4H3,(H,23,24). The summed E-state index contributed by atoms with van der Waals surface area (Å²) in [7, 11) is 0. The third-order valence-electron chi connectivity index (χ3n) is 4.18. The van der Waals surface area contributed by atoms with E-state index in [0.29, 0.717) is 17.2 Å². The molecular formula is C19H22Br2N2O. The molecule has 128 valence electrons. The average Bonchev–Trinajstić information content (AvgIpc) is 2.58. The van der Waals surface area contributed by atoms with Crippen molar-refractivity contribution in [2.45, 2.75) is 40.0 Å². The normalized spacial score (nSPS) is 11.0. The SMILES string of the molecule is CCc1c(Br)c(N)c(Br)c(C)c1NC(=O)c1ccc(C(C)C)cc1. The van der Waals surface area contributed by atoms with E-state index in [1.165, 1.54) is 5.56 Å². The lowest BCUT2D eigenvalue weighted by atomic mass is 10.0.